The van der Waals surface area contributed by atoms with E-state index in [4.69, 9.17) is 4.74 Å². The molecule has 2 heteroatoms. The summed E-state index contributed by atoms with van der Waals surface area (Å²) in [6, 6.07) is 0. The smallest absolute Gasteiger partial charge is 0.0594 e. The molecule has 1 heterocycles. The number of rotatable bonds is 2. The molecule has 0 radical (unpaired) electrons. The van der Waals surface area contributed by atoms with Crippen LogP contribution in [-0.4, -0.2) is 37.7 Å². The van der Waals surface area contributed by atoms with Crippen molar-refractivity contribution in [2.45, 2.75) is 27.2 Å². The van der Waals surface area contributed by atoms with Crippen LogP contribution in [0.5, 0.6) is 0 Å². The first kappa shape index (κ1) is 14.2. The Morgan fingerprint density at radius 3 is 2.59 bits per heavy atom. The first-order valence-corrected chi connectivity index (χ1v) is 6.67. The van der Waals surface area contributed by atoms with Crippen LogP contribution in [0.25, 0.3) is 0 Å². The van der Waals surface area contributed by atoms with Gasteiger partial charge in [0.25, 0.3) is 0 Å². The maximum absolute atomic E-state index is 5.34. The summed E-state index contributed by atoms with van der Waals surface area (Å²) in [5.74, 6) is 0. The lowest BCUT2D eigenvalue weighted by Crippen LogP contribution is -2.37. The first-order chi connectivity index (χ1) is 8.34. The van der Waals surface area contributed by atoms with Gasteiger partial charge in [-0.3, -0.25) is 4.90 Å². The summed E-state index contributed by atoms with van der Waals surface area (Å²) in [4.78, 5) is 2.45. The van der Waals surface area contributed by atoms with Gasteiger partial charge in [0, 0.05) is 19.6 Å². The Kier molecular flexibility index (Phi) is 6.90. The molecule has 1 aliphatic heterocycles. The third-order valence-corrected chi connectivity index (χ3v) is 2.86. The van der Waals surface area contributed by atoms with Crippen molar-refractivity contribution in [1.82, 2.24) is 4.90 Å². The van der Waals surface area contributed by atoms with Crippen LogP contribution in [0.4, 0.5) is 0 Å². The average Bonchev–Trinajstić information content (AvgIpc) is 2.58. The highest BCUT2D eigenvalue weighted by molar-refractivity contribution is 5.31. The first-order valence-electron chi connectivity index (χ1n) is 6.67. The molecule has 0 N–H and O–H groups in total. The molecule has 0 aromatic carbocycles. The summed E-state index contributed by atoms with van der Waals surface area (Å²) in [6.45, 7) is 11.1. The van der Waals surface area contributed by atoms with Crippen molar-refractivity contribution < 1.29 is 4.74 Å². The molecule has 2 aliphatic rings. The van der Waals surface area contributed by atoms with Crippen LogP contribution in [-0.2, 0) is 4.74 Å². The van der Waals surface area contributed by atoms with Crippen molar-refractivity contribution in [2.24, 2.45) is 0 Å². The Morgan fingerprint density at radius 1 is 1.18 bits per heavy atom. The van der Waals surface area contributed by atoms with Crippen LogP contribution < -0.4 is 0 Å². The van der Waals surface area contributed by atoms with E-state index < -0.39 is 0 Å². The molecular formula is C15H25NO. The Bertz CT molecular complexity index is 296. The van der Waals surface area contributed by atoms with Gasteiger partial charge in [-0.1, -0.05) is 43.7 Å². The highest BCUT2D eigenvalue weighted by Crippen LogP contribution is 2.12. The van der Waals surface area contributed by atoms with Gasteiger partial charge in [-0.05, 0) is 18.9 Å². The summed E-state index contributed by atoms with van der Waals surface area (Å²) < 4.78 is 5.34. The zero-order chi connectivity index (χ0) is 12.5. The van der Waals surface area contributed by atoms with E-state index in [1.165, 1.54) is 11.1 Å². The van der Waals surface area contributed by atoms with Crippen LogP contribution in [0.3, 0.4) is 0 Å². The van der Waals surface area contributed by atoms with E-state index in [1.807, 2.05) is 13.8 Å². The summed E-state index contributed by atoms with van der Waals surface area (Å²) in [7, 11) is 0. The van der Waals surface area contributed by atoms with Crippen molar-refractivity contribution in [2.75, 3.05) is 32.8 Å². The van der Waals surface area contributed by atoms with Gasteiger partial charge in [-0.15, -0.1) is 0 Å². The quantitative estimate of drug-likeness (QED) is 0.729. The average molecular weight is 235 g/mol. The molecule has 0 unspecified atom stereocenters. The molecule has 0 bridgehead atoms. The predicted octanol–water partition coefficient (Wildman–Crippen LogP) is 3.18. The maximum Gasteiger partial charge on any atom is 0.0594 e. The van der Waals surface area contributed by atoms with E-state index in [9.17, 15) is 0 Å². The molecule has 2 nitrogen and oxygen atoms in total. The van der Waals surface area contributed by atoms with E-state index in [2.05, 4.69) is 36.1 Å². The lowest BCUT2D eigenvalue weighted by Gasteiger charge is -2.26. The molecule has 0 aromatic heterocycles. The molecule has 17 heavy (non-hydrogen) atoms. The lowest BCUT2D eigenvalue weighted by atomic mass is 10.2. The third kappa shape index (κ3) is 5.33. The molecule has 0 amide bonds. The zero-order valence-corrected chi connectivity index (χ0v) is 11.4. The van der Waals surface area contributed by atoms with Crippen molar-refractivity contribution in [3.63, 3.8) is 0 Å². The van der Waals surface area contributed by atoms with E-state index in [0.717, 1.165) is 39.3 Å². The van der Waals surface area contributed by atoms with Crippen molar-refractivity contribution >= 4 is 0 Å². The topological polar surface area (TPSA) is 12.5 Å². The summed E-state index contributed by atoms with van der Waals surface area (Å²) in [5, 5.41) is 0. The molecule has 2 rings (SSSR count). The van der Waals surface area contributed by atoms with Crippen LogP contribution in [0.15, 0.2) is 35.5 Å². The Labute approximate surface area is 106 Å². The lowest BCUT2D eigenvalue weighted by molar-refractivity contribution is 0.0426. The molecular weight excluding hydrogens is 210 g/mol. The van der Waals surface area contributed by atoms with Gasteiger partial charge in [0.2, 0.25) is 0 Å². The second-order valence-electron chi connectivity index (χ2n) is 4.25. The van der Waals surface area contributed by atoms with Gasteiger partial charge < -0.3 is 4.74 Å². The molecule has 0 aromatic rings. The number of nitrogens with zero attached hydrogens (tertiary/aromatic N) is 1. The summed E-state index contributed by atoms with van der Waals surface area (Å²) in [6.07, 6.45) is 10.1. The standard InChI is InChI=1S/C13H19NO.C2H6/c1-12-3-2-4-13(6-5-12)11-14-7-9-15-10-8-14;1-2/h2,4-6H,3,7-11H2,1H3;1-2H3. The highest BCUT2D eigenvalue weighted by Gasteiger charge is 2.10. The molecule has 1 aliphatic carbocycles. The molecule has 0 saturated carbocycles. The van der Waals surface area contributed by atoms with Crippen molar-refractivity contribution in [1.29, 1.82) is 0 Å². The normalized spacial score (nSPS) is 20.9. The molecule has 1 saturated heterocycles. The summed E-state index contributed by atoms with van der Waals surface area (Å²) in [5.41, 5.74) is 2.84. The van der Waals surface area contributed by atoms with Crippen LogP contribution in [0.2, 0.25) is 0 Å². The fraction of sp³-hybridized carbons (Fsp3) is 0.600. The van der Waals surface area contributed by atoms with Gasteiger partial charge >= 0.3 is 0 Å². The molecule has 0 spiro atoms. The molecule has 0 atom stereocenters. The number of allylic oxidation sites excluding steroid dienone is 4. The number of morpholine rings is 1. The minimum atomic E-state index is 0.881. The van der Waals surface area contributed by atoms with Crippen molar-refractivity contribution in [3.8, 4) is 0 Å². The van der Waals surface area contributed by atoms with Crippen LogP contribution in [0.1, 0.15) is 27.2 Å². The minimum absolute atomic E-state index is 0.881. The monoisotopic (exact) mass is 235 g/mol. The molecule has 1 fully saturated rings. The fourth-order valence-corrected chi connectivity index (χ4v) is 1.89. The van der Waals surface area contributed by atoms with Crippen molar-refractivity contribution in [3.05, 3.63) is 35.5 Å². The largest absolute Gasteiger partial charge is 0.379 e. The SMILES string of the molecule is CC.CC1=CC=C(CN2CCOCC2)C=CC1. The highest BCUT2D eigenvalue weighted by atomic mass is 16.5. The van der Waals surface area contributed by atoms with E-state index in [1.54, 1.807) is 0 Å². The van der Waals surface area contributed by atoms with E-state index >= 15 is 0 Å². The second-order valence-corrected chi connectivity index (χ2v) is 4.25. The minimum Gasteiger partial charge on any atom is -0.379 e. The number of ether oxygens (including phenoxy) is 1. The van der Waals surface area contributed by atoms with Gasteiger partial charge in [0.1, 0.15) is 0 Å². The van der Waals surface area contributed by atoms with Gasteiger partial charge in [-0.2, -0.15) is 0 Å². The fourth-order valence-electron chi connectivity index (χ4n) is 1.89. The van der Waals surface area contributed by atoms with Crippen LogP contribution in [0, 0.1) is 0 Å². The maximum atomic E-state index is 5.34. The molecule has 96 valence electrons. The second kappa shape index (κ2) is 8.26. The van der Waals surface area contributed by atoms with Gasteiger partial charge in [0.15, 0.2) is 0 Å². The van der Waals surface area contributed by atoms with Crippen LogP contribution >= 0.6 is 0 Å². The Morgan fingerprint density at radius 2 is 1.88 bits per heavy atom. The van der Waals surface area contributed by atoms with Gasteiger partial charge in [0.05, 0.1) is 13.2 Å². The van der Waals surface area contributed by atoms with E-state index in [-0.39, 0.29) is 0 Å². The Balaban J connectivity index is 0.000000686. The zero-order valence-electron chi connectivity index (χ0n) is 11.4. The van der Waals surface area contributed by atoms with E-state index in [0.29, 0.717) is 0 Å². The Hall–Kier alpha value is -0.860. The summed E-state index contributed by atoms with van der Waals surface area (Å²) >= 11 is 0. The third-order valence-electron chi connectivity index (χ3n) is 2.86. The number of hydrogen-bond donors (Lipinski definition) is 0. The predicted molar refractivity (Wildman–Crippen MR) is 74.2 cm³/mol. The van der Waals surface area contributed by atoms with Gasteiger partial charge in [-0.25, -0.2) is 0 Å². The number of hydrogen-bond acceptors (Lipinski definition) is 2.